The van der Waals surface area contributed by atoms with E-state index in [4.69, 9.17) is 5.73 Å². The summed E-state index contributed by atoms with van der Waals surface area (Å²) in [5.74, 6) is 3.99. The second kappa shape index (κ2) is 5.56. The minimum absolute atomic E-state index is 0.228. The molecule has 0 spiro atoms. The summed E-state index contributed by atoms with van der Waals surface area (Å²) in [5.41, 5.74) is 8.04. The topological polar surface area (TPSA) is 43.1 Å². The van der Waals surface area contributed by atoms with E-state index in [0.29, 0.717) is 23.0 Å². The standard InChI is InChI=1S/C22H33NO/c1-14(13-23)18-6-7-19-17-5-4-15-12-16(24)8-10-21(15,2)20(17)9-11-22(18,19)3/h4-5,12,14,17-20H,6-11,13,23H2,1-3H3/t14-,17?,18-,19?,20?,21+,22-/m1/s1. The molecule has 132 valence electrons. The fraction of sp³-hybridized carbons (Fsp3) is 0.773. The number of carbonyl (C=O) groups excluding carboxylic acids is 1. The third-order valence-corrected chi connectivity index (χ3v) is 8.65. The number of nitrogens with two attached hydrogens (primary N) is 1. The van der Waals surface area contributed by atoms with Crippen molar-refractivity contribution in [3.8, 4) is 0 Å². The van der Waals surface area contributed by atoms with Gasteiger partial charge in [0.05, 0.1) is 0 Å². The smallest absolute Gasteiger partial charge is 0.156 e. The molecule has 2 nitrogen and oxygen atoms in total. The molecule has 2 heteroatoms. The molecule has 0 saturated heterocycles. The maximum Gasteiger partial charge on any atom is 0.156 e. The number of hydrogen-bond donors (Lipinski definition) is 1. The molecule has 2 N–H and O–H groups in total. The lowest BCUT2D eigenvalue weighted by atomic mass is 9.48. The third-order valence-electron chi connectivity index (χ3n) is 8.65. The van der Waals surface area contributed by atoms with Gasteiger partial charge in [0, 0.05) is 6.42 Å². The highest BCUT2D eigenvalue weighted by molar-refractivity contribution is 5.92. The molecular weight excluding hydrogens is 294 g/mol. The fourth-order valence-electron chi connectivity index (χ4n) is 7.14. The second-order valence-corrected chi connectivity index (χ2v) is 9.57. The number of carbonyl (C=O) groups is 1. The molecule has 0 amide bonds. The third kappa shape index (κ3) is 2.14. The van der Waals surface area contributed by atoms with E-state index in [9.17, 15) is 4.79 Å². The molecule has 0 bridgehead atoms. The average molecular weight is 328 g/mol. The summed E-state index contributed by atoms with van der Waals surface area (Å²) < 4.78 is 0. The van der Waals surface area contributed by atoms with Gasteiger partial charge in [0.2, 0.25) is 0 Å². The van der Waals surface area contributed by atoms with Crippen molar-refractivity contribution in [2.75, 3.05) is 6.54 Å². The molecule has 3 unspecified atom stereocenters. The molecule has 2 fully saturated rings. The predicted molar refractivity (Wildman–Crippen MR) is 98.3 cm³/mol. The van der Waals surface area contributed by atoms with Crippen LogP contribution in [0.25, 0.3) is 0 Å². The van der Waals surface area contributed by atoms with E-state index in [1.54, 1.807) is 0 Å². The lowest BCUT2D eigenvalue weighted by Gasteiger charge is -2.56. The highest BCUT2D eigenvalue weighted by Crippen LogP contribution is 2.66. The molecule has 4 rings (SSSR count). The van der Waals surface area contributed by atoms with Crippen molar-refractivity contribution in [1.82, 2.24) is 0 Å². The molecule has 4 aliphatic rings. The van der Waals surface area contributed by atoms with Crippen LogP contribution in [0.15, 0.2) is 23.8 Å². The summed E-state index contributed by atoms with van der Waals surface area (Å²) >= 11 is 0. The minimum Gasteiger partial charge on any atom is -0.330 e. The normalized spacial score (nSPS) is 48.3. The first-order valence-electron chi connectivity index (χ1n) is 10.0. The largest absolute Gasteiger partial charge is 0.330 e. The van der Waals surface area contributed by atoms with Crippen LogP contribution in [0.2, 0.25) is 0 Å². The van der Waals surface area contributed by atoms with Gasteiger partial charge in [0.1, 0.15) is 0 Å². The first-order valence-corrected chi connectivity index (χ1v) is 10.0. The Bertz CT molecular complexity index is 605. The molecule has 0 heterocycles. The van der Waals surface area contributed by atoms with Crippen molar-refractivity contribution in [2.45, 2.75) is 59.3 Å². The van der Waals surface area contributed by atoms with Gasteiger partial charge in [-0.2, -0.15) is 0 Å². The fourth-order valence-corrected chi connectivity index (χ4v) is 7.14. The molecule has 7 atom stereocenters. The predicted octanol–water partition coefficient (Wildman–Crippen LogP) is 4.51. The molecule has 0 radical (unpaired) electrons. The Morgan fingerprint density at radius 2 is 2.00 bits per heavy atom. The summed E-state index contributed by atoms with van der Waals surface area (Å²) in [4.78, 5) is 11.9. The molecule has 0 aliphatic heterocycles. The Kier molecular flexibility index (Phi) is 3.84. The van der Waals surface area contributed by atoms with E-state index >= 15 is 0 Å². The second-order valence-electron chi connectivity index (χ2n) is 9.57. The van der Waals surface area contributed by atoms with Crippen LogP contribution in [-0.4, -0.2) is 12.3 Å². The molecule has 0 aromatic heterocycles. The van der Waals surface area contributed by atoms with E-state index in [2.05, 4.69) is 32.9 Å². The Morgan fingerprint density at radius 1 is 1.21 bits per heavy atom. The summed E-state index contributed by atoms with van der Waals surface area (Å²) in [5, 5.41) is 0. The zero-order valence-corrected chi connectivity index (χ0v) is 15.6. The maximum absolute atomic E-state index is 11.9. The Morgan fingerprint density at radius 3 is 2.75 bits per heavy atom. The van der Waals surface area contributed by atoms with Gasteiger partial charge in [-0.25, -0.2) is 0 Å². The van der Waals surface area contributed by atoms with E-state index in [-0.39, 0.29) is 5.41 Å². The summed E-state index contributed by atoms with van der Waals surface area (Å²) in [7, 11) is 0. The highest BCUT2D eigenvalue weighted by Gasteiger charge is 2.58. The number of hydrogen-bond acceptors (Lipinski definition) is 2. The highest BCUT2D eigenvalue weighted by atomic mass is 16.1. The van der Waals surface area contributed by atoms with Crippen molar-refractivity contribution in [2.24, 2.45) is 46.2 Å². The molecule has 0 aromatic carbocycles. The van der Waals surface area contributed by atoms with Gasteiger partial charge >= 0.3 is 0 Å². The Balaban J connectivity index is 1.68. The van der Waals surface area contributed by atoms with Gasteiger partial charge < -0.3 is 5.73 Å². The van der Waals surface area contributed by atoms with Crippen LogP contribution in [0.5, 0.6) is 0 Å². The minimum atomic E-state index is 0.228. The van der Waals surface area contributed by atoms with Crippen molar-refractivity contribution in [3.63, 3.8) is 0 Å². The zero-order chi connectivity index (χ0) is 17.1. The van der Waals surface area contributed by atoms with Crippen molar-refractivity contribution in [1.29, 1.82) is 0 Å². The van der Waals surface area contributed by atoms with Crippen LogP contribution in [0, 0.1) is 40.4 Å². The van der Waals surface area contributed by atoms with Crippen molar-refractivity contribution >= 4 is 5.78 Å². The first kappa shape index (κ1) is 16.6. The van der Waals surface area contributed by atoms with E-state index < -0.39 is 0 Å². The van der Waals surface area contributed by atoms with Gasteiger partial charge in [-0.05, 0) is 90.7 Å². The molecular formula is C22H33NO. The first-order chi connectivity index (χ1) is 11.4. The molecule has 24 heavy (non-hydrogen) atoms. The number of allylic oxidation sites excluding steroid dienone is 4. The van der Waals surface area contributed by atoms with E-state index in [1.807, 2.05) is 6.08 Å². The van der Waals surface area contributed by atoms with Gasteiger partial charge in [-0.3, -0.25) is 4.79 Å². The van der Waals surface area contributed by atoms with Crippen LogP contribution in [0.1, 0.15) is 59.3 Å². The number of rotatable bonds is 2. The van der Waals surface area contributed by atoms with Crippen molar-refractivity contribution < 1.29 is 4.79 Å². The van der Waals surface area contributed by atoms with Gasteiger partial charge in [-0.15, -0.1) is 0 Å². The van der Waals surface area contributed by atoms with Crippen molar-refractivity contribution in [3.05, 3.63) is 23.8 Å². The zero-order valence-electron chi connectivity index (χ0n) is 15.6. The van der Waals surface area contributed by atoms with Gasteiger partial charge in [-0.1, -0.05) is 32.9 Å². The lowest BCUT2D eigenvalue weighted by molar-refractivity contribution is -0.116. The van der Waals surface area contributed by atoms with Crippen LogP contribution in [0.3, 0.4) is 0 Å². The Hall–Kier alpha value is -0.890. The monoisotopic (exact) mass is 327 g/mol. The van der Waals surface area contributed by atoms with Gasteiger partial charge in [0.25, 0.3) is 0 Å². The Labute approximate surface area is 147 Å². The van der Waals surface area contributed by atoms with Crippen LogP contribution in [-0.2, 0) is 4.79 Å². The van der Waals surface area contributed by atoms with Gasteiger partial charge in [0.15, 0.2) is 5.78 Å². The number of fused-ring (bicyclic) bond motifs is 5. The van der Waals surface area contributed by atoms with E-state index in [0.717, 1.165) is 37.1 Å². The SMILES string of the molecule is C[C@H](CN)[C@H]1CCC2C3C=CC4=CC(=O)CC[C@]4(C)C3CC[C@@]21C. The summed E-state index contributed by atoms with van der Waals surface area (Å²) in [6, 6.07) is 0. The van der Waals surface area contributed by atoms with E-state index in [1.165, 1.54) is 31.3 Å². The molecule has 4 aliphatic carbocycles. The lowest BCUT2D eigenvalue weighted by Crippen LogP contribution is -2.49. The van der Waals surface area contributed by atoms with Crippen LogP contribution in [0.4, 0.5) is 0 Å². The molecule has 0 aromatic rings. The molecule has 2 saturated carbocycles. The average Bonchev–Trinajstić information content (AvgIpc) is 2.92. The quantitative estimate of drug-likeness (QED) is 0.811. The van der Waals surface area contributed by atoms with Crippen LogP contribution < -0.4 is 5.73 Å². The van der Waals surface area contributed by atoms with Crippen LogP contribution >= 0.6 is 0 Å². The summed E-state index contributed by atoms with van der Waals surface area (Å²) in [6.45, 7) is 8.17. The number of ketones is 1. The summed E-state index contributed by atoms with van der Waals surface area (Å²) in [6.07, 6.45) is 13.9. The maximum atomic E-state index is 11.9.